The Morgan fingerprint density at radius 3 is 3.00 bits per heavy atom. The van der Waals surface area contributed by atoms with E-state index in [2.05, 4.69) is 51.0 Å². The Morgan fingerprint density at radius 1 is 1.56 bits per heavy atom. The Bertz CT molecular complexity index is 389. The van der Waals surface area contributed by atoms with Gasteiger partial charge in [0.1, 0.15) is 5.82 Å². The number of aromatic nitrogens is 1. The van der Waals surface area contributed by atoms with Crippen molar-refractivity contribution in [2.45, 2.75) is 26.7 Å². The third-order valence-electron chi connectivity index (χ3n) is 3.62. The fourth-order valence-electron chi connectivity index (χ4n) is 2.47. The van der Waals surface area contributed by atoms with Gasteiger partial charge in [0.05, 0.1) is 0 Å². The second-order valence-corrected chi connectivity index (χ2v) is 5.90. The average molecular weight is 312 g/mol. The molecule has 100 valence electrons. The first-order valence-corrected chi connectivity index (χ1v) is 7.57. The van der Waals surface area contributed by atoms with Crippen LogP contribution in [0.1, 0.15) is 25.3 Å². The molecule has 0 aliphatic carbocycles. The molecule has 1 unspecified atom stereocenters. The topological polar surface area (TPSA) is 28.2 Å². The minimum absolute atomic E-state index is 0.754. The van der Waals surface area contributed by atoms with Crippen LogP contribution in [0.25, 0.3) is 0 Å². The van der Waals surface area contributed by atoms with Crippen LogP contribution in [0.15, 0.2) is 16.7 Å². The molecule has 1 N–H and O–H groups in total. The van der Waals surface area contributed by atoms with Gasteiger partial charge in [0.15, 0.2) is 0 Å². The molecule has 0 aromatic carbocycles. The van der Waals surface area contributed by atoms with E-state index in [-0.39, 0.29) is 0 Å². The number of piperidine rings is 1. The van der Waals surface area contributed by atoms with Crippen LogP contribution >= 0.6 is 15.9 Å². The van der Waals surface area contributed by atoms with Crippen molar-refractivity contribution in [2.24, 2.45) is 5.92 Å². The maximum Gasteiger partial charge on any atom is 0.128 e. The summed E-state index contributed by atoms with van der Waals surface area (Å²) in [6, 6.07) is 2.17. The first-order valence-electron chi connectivity index (χ1n) is 6.78. The molecule has 1 aromatic rings. The predicted molar refractivity (Wildman–Crippen MR) is 80.2 cm³/mol. The fraction of sp³-hybridized carbons (Fsp3) is 0.643. The van der Waals surface area contributed by atoms with Crippen molar-refractivity contribution in [3.05, 3.63) is 22.3 Å². The Hall–Kier alpha value is -0.610. The summed E-state index contributed by atoms with van der Waals surface area (Å²) in [5.41, 5.74) is 1.25. The molecule has 0 saturated carbocycles. The molecule has 1 fully saturated rings. The van der Waals surface area contributed by atoms with E-state index >= 15 is 0 Å². The monoisotopic (exact) mass is 311 g/mol. The Morgan fingerprint density at radius 2 is 2.39 bits per heavy atom. The summed E-state index contributed by atoms with van der Waals surface area (Å²) in [6.07, 6.45) is 4.54. The van der Waals surface area contributed by atoms with E-state index in [4.69, 9.17) is 0 Å². The number of nitrogens with one attached hydrogen (secondary N) is 1. The molecule has 1 atom stereocenters. The van der Waals surface area contributed by atoms with Crippen molar-refractivity contribution in [2.75, 3.05) is 31.1 Å². The highest BCUT2D eigenvalue weighted by Gasteiger charge is 2.17. The zero-order valence-electron chi connectivity index (χ0n) is 11.2. The molecular weight excluding hydrogens is 290 g/mol. The molecule has 2 heterocycles. The zero-order valence-corrected chi connectivity index (χ0v) is 12.8. The van der Waals surface area contributed by atoms with Gasteiger partial charge in [-0.3, -0.25) is 0 Å². The van der Waals surface area contributed by atoms with E-state index in [0.29, 0.717) is 0 Å². The number of anilines is 1. The molecular formula is C14H22BrN3. The smallest absolute Gasteiger partial charge is 0.128 e. The first-order chi connectivity index (χ1) is 8.70. The Kier molecular flexibility index (Phi) is 5.01. The number of nitrogens with zero attached hydrogens (tertiary/aromatic N) is 2. The summed E-state index contributed by atoms with van der Waals surface area (Å²) < 4.78 is 1.08. The predicted octanol–water partition coefficient (Wildman–Crippen LogP) is 2.98. The molecule has 4 heteroatoms. The van der Waals surface area contributed by atoms with E-state index in [1.165, 1.54) is 24.9 Å². The van der Waals surface area contributed by atoms with Crippen molar-refractivity contribution < 1.29 is 0 Å². The fourth-order valence-corrected chi connectivity index (χ4v) is 2.69. The second-order valence-electron chi connectivity index (χ2n) is 5.04. The van der Waals surface area contributed by atoms with Gasteiger partial charge >= 0.3 is 0 Å². The van der Waals surface area contributed by atoms with Crippen LogP contribution in [0.2, 0.25) is 0 Å². The molecule has 2 rings (SSSR count). The molecule has 1 saturated heterocycles. The standard InChI is InChI=1S/C14H22BrN3/c1-3-18(10-12-5-4-6-16-8-12)14-7-11(2)13(15)9-17-14/h7,9,12,16H,3-6,8,10H2,1-2H3. The van der Waals surface area contributed by atoms with E-state index in [1.54, 1.807) is 0 Å². The number of hydrogen-bond donors (Lipinski definition) is 1. The lowest BCUT2D eigenvalue weighted by atomic mass is 9.99. The van der Waals surface area contributed by atoms with Gasteiger partial charge in [-0.05, 0) is 73.3 Å². The molecule has 18 heavy (non-hydrogen) atoms. The van der Waals surface area contributed by atoms with Crippen LogP contribution < -0.4 is 10.2 Å². The molecule has 1 aliphatic heterocycles. The lowest BCUT2D eigenvalue weighted by Gasteiger charge is -2.30. The van der Waals surface area contributed by atoms with Gasteiger partial charge in [-0.25, -0.2) is 4.98 Å². The van der Waals surface area contributed by atoms with Gasteiger partial charge in [-0.15, -0.1) is 0 Å². The largest absolute Gasteiger partial charge is 0.357 e. The summed E-state index contributed by atoms with van der Waals surface area (Å²) in [5, 5.41) is 3.48. The summed E-state index contributed by atoms with van der Waals surface area (Å²) >= 11 is 3.51. The Balaban J connectivity index is 2.04. The highest BCUT2D eigenvalue weighted by Crippen LogP contribution is 2.21. The van der Waals surface area contributed by atoms with Crippen molar-refractivity contribution in [1.82, 2.24) is 10.3 Å². The van der Waals surface area contributed by atoms with Crippen LogP contribution in [0.4, 0.5) is 5.82 Å². The molecule has 1 aromatic heterocycles. The van der Waals surface area contributed by atoms with Crippen molar-refractivity contribution in [1.29, 1.82) is 0 Å². The van der Waals surface area contributed by atoms with Gasteiger partial charge in [0.25, 0.3) is 0 Å². The SMILES string of the molecule is CCN(CC1CCCNC1)c1cc(C)c(Br)cn1. The van der Waals surface area contributed by atoms with Crippen LogP contribution in [-0.2, 0) is 0 Å². The van der Waals surface area contributed by atoms with Crippen LogP contribution in [0, 0.1) is 12.8 Å². The third-order valence-corrected chi connectivity index (χ3v) is 4.45. The van der Waals surface area contributed by atoms with E-state index < -0.39 is 0 Å². The Labute approximate surface area is 118 Å². The quantitative estimate of drug-likeness (QED) is 0.926. The van der Waals surface area contributed by atoms with Crippen LogP contribution in [0.5, 0.6) is 0 Å². The molecule has 0 bridgehead atoms. The molecule has 1 aliphatic rings. The van der Waals surface area contributed by atoms with Crippen molar-refractivity contribution in [3.63, 3.8) is 0 Å². The van der Waals surface area contributed by atoms with Gasteiger partial charge in [0.2, 0.25) is 0 Å². The second kappa shape index (κ2) is 6.53. The van der Waals surface area contributed by atoms with Crippen molar-refractivity contribution >= 4 is 21.7 Å². The number of pyridine rings is 1. The number of halogens is 1. The van der Waals surface area contributed by atoms with Crippen LogP contribution in [-0.4, -0.2) is 31.2 Å². The summed E-state index contributed by atoms with van der Waals surface area (Å²) in [5.74, 6) is 1.85. The molecule has 0 amide bonds. The zero-order chi connectivity index (χ0) is 13.0. The number of rotatable bonds is 4. The van der Waals surface area contributed by atoms with Crippen LogP contribution in [0.3, 0.4) is 0 Å². The normalized spacial score (nSPS) is 19.8. The minimum atomic E-state index is 0.754. The third kappa shape index (κ3) is 3.45. The maximum atomic E-state index is 4.53. The van der Waals surface area contributed by atoms with E-state index in [9.17, 15) is 0 Å². The highest BCUT2D eigenvalue weighted by molar-refractivity contribution is 9.10. The van der Waals surface area contributed by atoms with Gasteiger partial charge < -0.3 is 10.2 Å². The van der Waals surface area contributed by atoms with E-state index in [1.807, 2.05) is 6.20 Å². The van der Waals surface area contributed by atoms with Gasteiger partial charge in [-0.1, -0.05) is 0 Å². The molecule has 3 nitrogen and oxygen atoms in total. The summed E-state index contributed by atoms with van der Waals surface area (Å²) in [7, 11) is 0. The summed E-state index contributed by atoms with van der Waals surface area (Å²) in [6.45, 7) is 8.77. The van der Waals surface area contributed by atoms with E-state index in [0.717, 1.165) is 35.8 Å². The van der Waals surface area contributed by atoms with Gasteiger partial charge in [0, 0.05) is 23.8 Å². The minimum Gasteiger partial charge on any atom is -0.357 e. The molecule has 0 radical (unpaired) electrons. The highest BCUT2D eigenvalue weighted by atomic mass is 79.9. The molecule has 0 spiro atoms. The lowest BCUT2D eigenvalue weighted by molar-refractivity contribution is 0.377. The van der Waals surface area contributed by atoms with Gasteiger partial charge in [-0.2, -0.15) is 0 Å². The van der Waals surface area contributed by atoms with Crippen molar-refractivity contribution in [3.8, 4) is 0 Å². The summed E-state index contributed by atoms with van der Waals surface area (Å²) in [4.78, 5) is 6.92. The first kappa shape index (κ1) is 13.8. The average Bonchev–Trinajstić information content (AvgIpc) is 2.40. The maximum absolute atomic E-state index is 4.53. The number of hydrogen-bond acceptors (Lipinski definition) is 3. The number of aryl methyl sites for hydroxylation is 1. The lowest BCUT2D eigenvalue weighted by Crippen LogP contribution is -2.38.